The predicted octanol–water partition coefficient (Wildman–Crippen LogP) is 6.27. The highest BCUT2D eigenvalue weighted by Crippen LogP contribution is 2.37. The third-order valence-electron chi connectivity index (χ3n) is 4.21. The molecule has 0 unspecified atom stereocenters. The smallest absolute Gasteiger partial charge is 0.290 e. The fraction of sp³-hybridized carbons (Fsp3) is 0.0476. The number of halogens is 2. The second kappa shape index (κ2) is 8.11. The van der Waals surface area contributed by atoms with Gasteiger partial charge in [-0.3, -0.25) is 14.9 Å². The average molecular weight is 519 g/mol. The molecule has 28 heavy (non-hydrogen) atoms. The van der Waals surface area contributed by atoms with Crippen molar-refractivity contribution in [2.75, 3.05) is 0 Å². The van der Waals surface area contributed by atoms with Crippen LogP contribution in [0.25, 0.3) is 16.8 Å². The topological polar surface area (TPSA) is 55.4 Å². The Bertz CT molecular complexity index is 1120. The molecule has 0 atom stereocenters. The van der Waals surface area contributed by atoms with Crippen LogP contribution in [0.2, 0.25) is 0 Å². The molecular formula is C21H13Br2NO3S. The Kier molecular flexibility index (Phi) is 5.57. The quantitative estimate of drug-likeness (QED) is 0.413. The Balaban J connectivity index is 1.58. The van der Waals surface area contributed by atoms with E-state index in [1.165, 1.54) is 5.39 Å². The SMILES string of the molecule is O=C1NC(=O)/C(=C\c2cc(Br)c(OCc3cccc4ccccc34)c(Br)c2)S1. The molecule has 1 aliphatic rings. The Labute approximate surface area is 182 Å². The van der Waals surface area contributed by atoms with Crippen LogP contribution < -0.4 is 10.1 Å². The van der Waals surface area contributed by atoms with E-state index in [4.69, 9.17) is 4.74 Å². The number of nitrogens with one attached hydrogen (secondary N) is 1. The number of hydrogen-bond donors (Lipinski definition) is 1. The summed E-state index contributed by atoms with van der Waals surface area (Å²) in [6.45, 7) is 0.422. The maximum absolute atomic E-state index is 11.7. The number of fused-ring (bicyclic) bond motifs is 1. The summed E-state index contributed by atoms with van der Waals surface area (Å²) in [4.78, 5) is 23.4. The molecule has 1 heterocycles. The molecule has 1 N–H and O–H groups in total. The number of benzene rings is 3. The van der Waals surface area contributed by atoms with Gasteiger partial charge in [-0.1, -0.05) is 42.5 Å². The van der Waals surface area contributed by atoms with Crippen molar-refractivity contribution in [2.24, 2.45) is 0 Å². The third kappa shape index (κ3) is 4.01. The van der Waals surface area contributed by atoms with Crippen LogP contribution in [-0.4, -0.2) is 11.1 Å². The van der Waals surface area contributed by atoms with Crippen molar-refractivity contribution in [2.45, 2.75) is 6.61 Å². The van der Waals surface area contributed by atoms with Gasteiger partial charge in [-0.15, -0.1) is 0 Å². The summed E-state index contributed by atoms with van der Waals surface area (Å²) in [5.74, 6) is 0.299. The van der Waals surface area contributed by atoms with Gasteiger partial charge in [0.2, 0.25) is 0 Å². The standard InChI is InChI=1S/C21H13Br2NO3S/c22-16-8-12(10-18-20(25)24-21(26)28-18)9-17(23)19(16)27-11-14-6-3-5-13-4-1-2-7-15(13)14/h1-10H,11H2,(H,24,25,26)/b18-10+. The maximum Gasteiger partial charge on any atom is 0.290 e. The van der Waals surface area contributed by atoms with E-state index in [2.05, 4.69) is 61.4 Å². The predicted molar refractivity (Wildman–Crippen MR) is 119 cm³/mol. The molecule has 4 rings (SSSR count). The minimum atomic E-state index is -0.376. The molecule has 1 aliphatic heterocycles. The Morgan fingerprint density at radius 3 is 2.43 bits per heavy atom. The fourth-order valence-electron chi connectivity index (χ4n) is 2.94. The monoisotopic (exact) mass is 517 g/mol. The lowest BCUT2D eigenvalue weighted by molar-refractivity contribution is -0.115. The first-order valence-electron chi connectivity index (χ1n) is 8.34. The summed E-state index contributed by atoms with van der Waals surface area (Å²) in [7, 11) is 0. The number of rotatable bonds is 4. The highest BCUT2D eigenvalue weighted by Gasteiger charge is 2.25. The first-order valence-corrected chi connectivity index (χ1v) is 10.7. The largest absolute Gasteiger partial charge is 0.487 e. The Morgan fingerprint density at radius 2 is 1.71 bits per heavy atom. The maximum atomic E-state index is 11.7. The number of thioether (sulfide) groups is 1. The number of carbonyl (C=O) groups is 2. The van der Waals surface area contributed by atoms with Crippen molar-refractivity contribution in [3.63, 3.8) is 0 Å². The molecule has 0 bridgehead atoms. The molecule has 7 heteroatoms. The van der Waals surface area contributed by atoms with Crippen LogP contribution >= 0.6 is 43.6 Å². The minimum Gasteiger partial charge on any atom is -0.487 e. The van der Waals surface area contributed by atoms with Crippen LogP contribution in [-0.2, 0) is 11.4 Å². The number of carbonyl (C=O) groups excluding carboxylic acids is 2. The van der Waals surface area contributed by atoms with Gasteiger partial charge in [-0.2, -0.15) is 0 Å². The number of hydrogen-bond acceptors (Lipinski definition) is 4. The van der Waals surface area contributed by atoms with Crippen LogP contribution in [0.5, 0.6) is 5.75 Å². The first kappa shape index (κ1) is 19.2. The number of ether oxygens (including phenoxy) is 1. The summed E-state index contributed by atoms with van der Waals surface area (Å²) in [5.41, 5.74) is 1.88. The summed E-state index contributed by atoms with van der Waals surface area (Å²) in [6, 6.07) is 18.1. The first-order chi connectivity index (χ1) is 13.5. The third-order valence-corrected chi connectivity index (χ3v) is 6.20. The summed E-state index contributed by atoms with van der Waals surface area (Å²) in [6.07, 6.45) is 1.68. The van der Waals surface area contributed by atoms with Crippen LogP contribution in [0.3, 0.4) is 0 Å². The van der Waals surface area contributed by atoms with E-state index in [0.29, 0.717) is 17.3 Å². The molecule has 140 valence electrons. The van der Waals surface area contributed by atoms with Crippen molar-refractivity contribution in [3.8, 4) is 5.75 Å². The van der Waals surface area contributed by atoms with Crippen molar-refractivity contribution < 1.29 is 14.3 Å². The number of imide groups is 1. The Hall–Kier alpha value is -2.09. The minimum absolute atomic E-state index is 0.357. The molecule has 4 nitrogen and oxygen atoms in total. The van der Waals surface area contributed by atoms with Gasteiger partial charge in [0.15, 0.2) is 0 Å². The zero-order valence-corrected chi connectivity index (χ0v) is 18.4. The van der Waals surface area contributed by atoms with E-state index in [-0.39, 0.29) is 11.1 Å². The highest BCUT2D eigenvalue weighted by atomic mass is 79.9. The van der Waals surface area contributed by atoms with Gasteiger partial charge in [0, 0.05) is 0 Å². The molecule has 0 radical (unpaired) electrons. The van der Waals surface area contributed by atoms with Gasteiger partial charge < -0.3 is 4.74 Å². The van der Waals surface area contributed by atoms with Crippen LogP contribution in [0.1, 0.15) is 11.1 Å². The van der Waals surface area contributed by atoms with Gasteiger partial charge >= 0.3 is 0 Å². The molecule has 1 fully saturated rings. The lowest BCUT2D eigenvalue weighted by Crippen LogP contribution is -2.17. The zero-order chi connectivity index (χ0) is 19.7. The lowest BCUT2D eigenvalue weighted by atomic mass is 10.1. The van der Waals surface area contributed by atoms with Crippen molar-refractivity contribution >= 4 is 71.6 Å². The average Bonchev–Trinajstić information content (AvgIpc) is 2.98. The lowest BCUT2D eigenvalue weighted by Gasteiger charge is -2.13. The summed E-state index contributed by atoms with van der Waals surface area (Å²) in [5, 5.41) is 4.22. The number of amides is 2. The summed E-state index contributed by atoms with van der Waals surface area (Å²) < 4.78 is 7.58. The van der Waals surface area contributed by atoms with E-state index in [0.717, 1.165) is 37.2 Å². The van der Waals surface area contributed by atoms with E-state index in [1.807, 2.05) is 30.3 Å². The second-order valence-corrected chi connectivity index (χ2v) is 8.82. The van der Waals surface area contributed by atoms with Crippen molar-refractivity contribution in [1.29, 1.82) is 0 Å². The van der Waals surface area contributed by atoms with Crippen LogP contribution in [0.15, 0.2) is 68.4 Å². The van der Waals surface area contributed by atoms with E-state index >= 15 is 0 Å². The Morgan fingerprint density at radius 1 is 1.00 bits per heavy atom. The normalized spacial score (nSPS) is 15.3. The van der Waals surface area contributed by atoms with Gasteiger partial charge in [-0.25, -0.2) is 0 Å². The summed E-state index contributed by atoms with van der Waals surface area (Å²) >= 11 is 7.97. The van der Waals surface area contributed by atoms with Gasteiger partial charge in [0.1, 0.15) is 12.4 Å². The van der Waals surface area contributed by atoms with Gasteiger partial charge in [0.25, 0.3) is 11.1 Å². The molecule has 0 saturated carbocycles. The van der Waals surface area contributed by atoms with Crippen molar-refractivity contribution in [1.82, 2.24) is 5.32 Å². The second-order valence-electron chi connectivity index (χ2n) is 6.09. The van der Waals surface area contributed by atoms with Crippen LogP contribution in [0.4, 0.5) is 4.79 Å². The van der Waals surface area contributed by atoms with Gasteiger partial charge in [-0.05, 0) is 83.7 Å². The highest BCUT2D eigenvalue weighted by molar-refractivity contribution is 9.11. The molecule has 3 aromatic carbocycles. The van der Waals surface area contributed by atoms with E-state index in [9.17, 15) is 9.59 Å². The fourth-order valence-corrected chi connectivity index (χ4v) is 5.07. The van der Waals surface area contributed by atoms with Crippen molar-refractivity contribution in [3.05, 3.63) is 79.6 Å². The molecule has 1 saturated heterocycles. The zero-order valence-electron chi connectivity index (χ0n) is 14.4. The molecule has 2 amide bonds. The molecule has 3 aromatic rings. The van der Waals surface area contributed by atoms with E-state index in [1.54, 1.807) is 6.08 Å². The van der Waals surface area contributed by atoms with E-state index < -0.39 is 0 Å². The molecule has 0 spiro atoms. The van der Waals surface area contributed by atoms with Crippen LogP contribution in [0, 0.1) is 0 Å². The molecule has 0 aromatic heterocycles. The molecule has 0 aliphatic carbocycles. The molecular weight excluding hydrogens is 506 g/mol. The van der Waals surface area contributed by atoms with Gasteiger partial charge in [0.05, 0.1) is 13.9 Å².